The van der Waals surface area contributed by atoms with E-state index in [1.54, 1.807) is 0 Å². The maximum atomic E-state index is 12.8. The van der Waals surface area contributed by atoms with E-state index >= 15 is 0 Å². The van der Waals surface area contributed by atoms with Crippen LogP contribution in [0.25, 0.3) is 0 Å². The van der Waals surface area contributed by atoms with Gasteiger partial charge in [0.2, 0.25) is 11.9 Å². The first-order chi connectivity index (χ1) is 14.3. The predicted octanol–water partition coefficient (Wildman–Crippen LogP) is 2.41. The number of carbonyl (C=O) groups excluding carboxylic acids is 1. The third-order valence-electron chi connectivity index (χ3n) is 4.53. The van der Waals surface area contributed by atoms with E-state index < -0.39 is 11.7 Å². The van der Waals surface area contributed by atoms with E-state index in [4.69, 9.17) is 4.74 Å². The number of carbonyl (C=O) groups is 1. The molecule has 0 saturated carbocycles. The summed E-state index contributed by atoms with van der Waals surface area (Å²) in [6, 6.07) is 6.69. The topological polar surface area (TPSA) is 79.4 Å². The number of nitrogens with zero attached hydrogens (tertiary/aromatic N) is 3. The summed E-state index contributed by atoms with van der Waals surface area (Å²) in [5.74, 6) is 0.931. The van der Waals surface area contributed by atoms with E-state index in [0.717, 1.165) is 36.7 Å². The predicted molar refractivity (Wildman–Crippen MR) is 106 cm³/mol. The molecule has 0 spiro atoms. The minimum Gasteiger partial charge on any atom is -0.378 e. The van der Waals surface area contributed by atoms with Crippen LogP contribution in [0.5, 0.6) is 0 Å². The number of nitrogens with one attached hydrogen (secondary N) is 2. The van der Waals surface area contributed by atoms with Gasteiger partial charge in [0.25, 0.3) is 0 Å². The van der Waals surface area contributed by atoms with Crippen LogP contribution in [0, 0.1) is 6.92 Å². The minimum atomic E-state index is -4.43. The molecule has 0 atom stereocenters. The molecule has 1 fully saturated rings. The number of morpholine rings is 1. The summed E-state index contributed by atoms with van der Waals surface area (Å²) in [6.45, 7) is 5.41. The monoisotopic (exact) mass is 423 g/mol. The number of aromatic nitrogens is 2. The number of halogens is 3. The van der Waals surface area contributed by atoms with Gasteiger partial charge in [0.15, 0.2) is 0 Å². The van der Waals surface area contributed by atoms with Gasteiger partial charge in [0.1, 0.15) is 5.82 Å². The lowest BCUT2D eigenvalue weighted by molar-refractivity contribution is -0.137. The molecule has 10 heteroatoms. The molecule has 1 amide bonds. The highest BCUT2D eigenvalue weighted by Crippen LogP contribution is 2.29. The van der Waals surface area contributed by atoms with Gasteiger partial charge in [-0.3, -0.25) is 4.79 Å². The summed E-state index contributed by atoms with van der Waals surface area (Å²) < 4.78 is 43.6. The first-order valence-corrected chi connectivity index (χ1v) is 9.66. The van der Waals surface area contributed by atoms with Crippen molar-refractivity contribution < 1.29 is 22.7 Å². The molecule has 1 saturated heterocycles. The molecule has 1 aromatic carbocycles. The summed E-state index contributed by atoms with van der Waals surface area (Å²) >= 11 is 0. The SMILES string of the molecule is Cc1cc(N2CCOCC2)nc(NCCNC(=O)Cc2cccc(C(F)(F)F)c2)n1. The van der Waals surface area contributed by atoms with Crippen LogP contribution in [0.4, 0.5) is 24.9 Å². The number of hydrogen-bond acceptors (Lipinski definition) is 6. The maximum Gasteiger partial charge on any atom is 0.416 e. The molecule has 2 heterocycles. The molecular formula is C20H24F3N5O2. The normalized spacial score (nSPS) is 14.5. The highest BCUT2D eigenvalue weighted by atomic mass is 19.4. The van der Waals surface area contributed by atoms with Crippen molar-refractivity contribution in [3.63, 3.8) is 0 Å². The second-order valence-electron chi connectivity index (χ2n) is 6.94. The summed E-state index contributed by atoms with van der Waals surface area (Å²) in [5.41, 5.74) is 0.372. The third-order valence-corrected chi connectivity index (χ3v) is 4.53. The molecule has 1 aromatic heterocycles. The first-order valence-electron chi connectivity index (χ1n) is 9.66. The molecule has 1 aliphatic rings. The zero-order chi connectivity index (χ0) is 21.6. The molecule has 0 bridgehead atoms. The van der Waals surface area contributed by atoms with Gasteiger partial charge < -0.3 is 20.3 Å². The van der Waals surface area contributed by atoms with Crippen molar-refractivity contribution >= 4 is 17.7 Å². The van der Waals surface area contributed by atoms with Gasteiger partial charge in [-0.15, -0.1) is 0 Å². The number of anilines is 2. The molecule has 2 N–H and O–H groups in total. The Bertz CT molecular complexity index is 870. The Hall–Kier alpha value is -2.88. The molecule has 3 rings (SSSR count). The highest BCUT2D eigenvalue weighted by molar-refractivity contribution is 5.78. The van der Waals surface area contributed by atoms with Crippen LogP contribution in [0.15, 0.2) is 30.3 Å². The Morgan fingerprint density at radius 1 is 1.17 bits per heavy atom. The maximum absolute atomic E-state index is 12.8. The number of hydrogen-bond donors (Lipinski definition) is 2. The molecule has 2 aromatic rings. The van der Waals surface area contributed by atoms with Crippen LogP contribution in [-0.4, -0.2) is 55.3 Å². The summed E-state index contributed by atoms with van der Waals surface area (Å²) in [7, 11) is 0. The average Bonchev–Trinajstić information content (AvgIpc) is 2.71. The fourth-order valence-electron chi connectivity index (χ4n) is 3.07. The van der Waals surface area contributed by atoms with Crippen molar-refractivity contribution in [3.8, 4) is 0 Å². The molecule has 1 aliphatic heterocycles. The van der Waals surface area contributed by atoms with Gasteiger partial charge in [0.05, 0.1) is 25.2 Å². The lowest BCUT2D eigenvalue weighted by Crippen LogP contribution is -2.37. The van der Waals surface area contributed by atoms with Crippen molar-refractivity contribution in [2.45, 2.75) is 19.5 Å². The van der Waals surface area contributed by atoms with Crippen LogP contribution in [0.3, 0.4) is 0 Å². The number of ether oxygens (including phenoxy) is 1. The summed E-state index contributed by atoms with van der Waals surface area (Å²) in [5, 5.41) is 5.76. The summed E-state index contributed by atoms with van der Waals surface area (Å²) in [6.07, 6.45) is -4.55. The van der Waals surface area contributed by atoms with Gasteiger partial charge >= 0.3 is 6.18 Å². The Balaban J connectivity index is 1.47. The van der Waals surface area contributed by atoms with E-state index in [-0.39, 0.29) is 12.3 Å². The van der Waals surface area contributed by atoms with E-state index in [1.165, 1.54) is 12.1 Å². The van der Waals surface area contributed by atoms with Crippen LogP contribution in [0.1, 0.15) is 16.8 Å². The van der Waals surface area contributed by atoms with Gasteiger partial charge in [-0.1, -0.05) is 18.2 Å². The second-order valence-corrected chi connectivity index (χ2v) is 6.94. The molecule has 0 aliphatic carbocycles. The van der Waals surface area contributed by atoms with E-state index in [0.29, 0.717) is 37.8 Å². The molecule has 162 valence electrons. The van der Waals surface area contributed by atoms with E-state index in [1.807, 2.05) is 13.0 Å². The van der Waals surface area contributed by atoms with E-state index in [9.17, 15) is 18.0 Å². The van der Waals surface area contributed by atoms with Crippen molar-refractivity contribution in [3.05, 3.63) is 47.2 Å². The van der Waals surface area contributed by atoms with Crippen molar-refractivity contribution in [2.75, 3.05) is 49.6 Å². The molecule has 0 radical (unpaired) electrons. The van der Waals surface area contributed by atoms with Gasteiger partial charge in [-0.05, 0) is 18.6 Å². The van der Waals surface area contributed by atoms with Crippen LogP contribution in [-0.2, 0) is 22.1 Å². The lowest BCUT2D eigenvalue weighted by Gasteiger charge is -2.28. The quantitative estimate of drug-likeness (QED) is 0.666. The standard InChI is InChI=1S/C20H24F3N5O2/c1-14-11-17(28-7-9-30-10-8-28)27-19(26-14)25-6-5-24-18(29)13-15-3-2-4-16(12-15)20(21,22)23/h2-4,11-12H,5-10,13H2,1H3,(H,24,29)(H,25,26,27). The largest absolute Gasteiger partial charge is 0.416 e. The van der Waals surface area contributed by atoms with E-state index in [2.05, 4.69) is 25.5 Å². The Labute approximate surface area is 172 Å². The third kappa shape index (κ3) is 6.31. The van der Waals surface area contributed by atoms with Crippen LogP contribution in [0.2, 0.25) is 0 Å². The fourth-order valence-corrected chi connectivity index (χ4v) is 3.07. The zero-order valence-electron chi connectivity index (χ0n) is 16.6. The Kier molecular flexibility index (Phi) is 7.09. The number of alkyl halides is 3. The smallest absolute Gasteiger partial charge is 0.378 e. The highest BCUT2D eigenvalue weighted by Gasteiger charge is 2.30. The Morgan fingerprint density at radius 2 is 1.93 bits per heavy atom. The number of rotatable bonds is 7. The molecule has 30 heavy (non-hydrogen) atoms. The molecular weight excluding hydrogens is 399 g/mol. The van der Waals surface area contributed by atoms with Crippen molar-refractivity contribution in [1.82, 2.24) is 15.3 Å². The van der Waals surface area contributed by atoms with Crippen LogP contribution < -0.4 is 15.5 Å². The van der Waals surface area contributed by atoms with Gasteiger partial charge in [0, 0.05) is 37.9 Å². The van der Waals surface area contributed by atoms with Gasteiger partial charge in [-0.25, -0.2) is 4.98 Å². The van der Waals surface area contributed by atoms with Gasteiger partial charge in [-0.2, -0.15) is 18.2 Å². The second kappa shape index (κ2) is 9.75. The van der Waals surface area contributed by atoms with Crippen molar-refractivity contribution in [1.29, 1.82) is 0 Å². The van der Waals surface area contributed by atoms with Crippen molar-refractivity contribution in [2.24, 2.45) is 0 Å². The number of amides is 1. The summed E-state index contributed by atoms with van der Waals surface area (Å²) in [4.78, 5) is 23.0. The molecule has 7 nitrogen and oxygen atoms in total. The first kappa shape index (κ1) is 21.8. The van der Waals surface area contributed by atoms with Crippen LogP contribution >= 0.6 is 0 Å². The fraction of sp³-hybridized carbons (Fsp3) is 0.450. The number of benzene rings is 1. The minimum absolute atomic E-state index is 0.119. The lowest BCUT2D eigenvalue weighted by atomic mass is 10.1. The molecule has 0 unspecified atom stereocenters. The Morgan fingerprint density at radius 3 is 2.67 bits per heavy atom. The zero-order valence-corrected chi connectivity index (χ0v) is 16.6. The average molecular weight is 423 g/mol. The number of aryl methyl sites for hydroxylation is 1.